The summed E-state index contributed by atoms with van der Waals surface area (Å²) in [5.74, 6) is 0.0121. The summed E-state index contributed by atoms with van der Waals surface area (Å²) in [6.07, 6.45) is 1.96. The second kappa shape index (κ2) is 8.04. The number of ether oxygens (including phenoxy) is 2. The molecule has 1 heterocycles. The highest BCUT2D eigenvalue weighted by molar-refractivity contribution is 5.96. The lowest BCUT2D eigenvalue weighted by atomic mass is 10.0. The van der Waals surface area contributed by atoms with Crippen LogP contribution in [0, 0.1) is 6.92 Å². The van der Waals surface area contributed by atoms with Gasteiger partial charge in [-0.2, -0.15) is 0 Å². The Morgan fingerprint density at radius 1 is 1.15 bits per heavy atom. The van der Waals surface area contributed by atoms with Crippen LogP contribution in [0.15, 0.2) is 42.5 Å². The number of carbonyl (C=O) groups is 2. The molecule has 0 radical (unpaired) electrons. The standard InChI is InChI=1S/C21H23NO4/c1-15-9-10-19(25-2)17(12-15)13-21(24)26-14-20(23)22-11-5-7-16-6-3-4-8-18(16)22/h3-4,6,8-10,12H,5,7,11,13-14H2,1-2H3. The molecule has 136 valence electrons. The lowest BCUT2D eigenvalue weighted by Gasteiger charge is -2.29. The van der Waals surface area contributed by atoms with Crippen LogP contribution in [0.4, 0.5) is 5.69 Å². The van der Waals surface area contributed by atoms with Gasteiger partial charge in [-0.3, -0.25) is 9.59 Å². The Morgan fingerprint density at radius 2 is 1.96 bits per heavy atom. The Balaban J connectivity index is 1.60. The van der Waals surface area contributed by atoms with Crippen molar-refractivity contribution >= 4 is 17.6 Å². The van der Waals surface area contributed by atoms with Crippen molar-refractivity contribution in [1.29, 1.82) is 0 Å². The largest absolute Gasteiger partial charge is 0.496 e. The molecular weight excluding hydrogens is 330 g/mol. The van der Waals surface area contributed by atoms with Gasteiger partial charge < -0.3 is 14.4 Å². The highest BCUT2D eigenvalue weighted by Crippen LogP contribution is 2.26. The maximum atomic E-state index is 12.5. The van der Waals surface area contributed by atoms with Crippen molar-refractivity contribution in [2.24, 2.45) is 0 Å². The van der Waals surface area contributed by atoms with Crippen LogP contribution in [0.5, 0.6) is 5.75 Å². The molecule has 2 aromatic carbocycles. The molecule has 3 rings (SSSR count). The fourth-order valence-corrected chi connectivity index (χ4v) is 3.26. The third-order valence-electron chi connectivity index (χ3n) is 4.54. The number of nitrogens with zero attached hydrogens (tertiary/aromatic N) is 1. The zero-order valence-electron chi connectivity index (χ0n) is 15.2. The number of anilines is 1. The van der Waals surface area contributed by atoms with Crippen molar-refractivity contribution in [1.82, 2.24) is 0 Å². The van der Waals surface area contributed by atoms with Gasteiger partial charge in [-0.1, -0.05) is 35.9 Å². The molecule has 2 aromatic rings. The van der Waals surface area contributed by atoms with Gasteiger partial charge in [0.05, 0.1) is 13.5 Å². The van der Waals surface area contributed by atoms with E-state index in [9.17, 15) is 9.59 Å². The molecule has 1 amide bonds. The molecule has 1 aliphatic heterocycles. The van der Waals surface area contributed by atoms with Crippen molar-refractivity contribution in [3.63, 3.8) is 0 Å². The summed E-state index contributed by atoms with van der Waals surface area (Å²) in [5, 5.41) is 0. The molecule has 0 saturated carbocycles. The first kappa shape index (κ1) is 18.0. The Morgan fingerprint density at radius 3 is 2.77 bits per heavy atom. The van der Waals surface area contributed by atoms with E-state index in [0.717, 1.165) is 35.2 Å². The maximum absolute atomic E-state index is 12.5. The highest BCUT2D eigenvalue weighted by Gasteiger charge is 2.23. The molecule has 0 atom stereocenters. The second-order valence-corrected chi connectivity index (χ2v) is 6.43. The Kier molecular flexibility index (Phi) is 5.56. The minimum atomic E-state index is -0.437. The van der Waals surface area contributed by atoms with Crippen LogP contribution in [0.2, 0.25) is 0 Å². The smallest absolute Gasteiger partial charge is 0.310 e. The van der Waals surface area contributed by atoms with Gasteiger partial charge >= 0.3 is 5.97 Å². The summed E-state index contributed by atoms with van der Waals surface area (Å²) in [5.41, 5.74) is 3.87. The molecule has 5 heteroatoms. The van der Waals surface area contributed by atoms with Crippen molar-refractivity contribution in [3.8, 4) is 5.75 Å². The topological polar surface area (TPSA) is 55.8 Å². The predicted molar refractivity (Wildman–Crippen MR) is 99.5 cm³/mol. The van der Waals surface area contributed by atoms with Crippen LogP contribution in [0.25, 0.3) is 0 Å². The van der Waals surface area contributed by atoms with Crippen LogP contribution < -0.4 is 9.64 Å². The fourth-order valence-electron chi connectivity index (χ4n) is 3.26. The molecule has 0 N–H and O–H groups in total. The number of benzene rings is 2. The van der Waals surface area contributed by atoms with Crippen LogP contribution >= 0.6 is 0 Å². The van der Waals surface area contributed by atoms with Crippen molar-refractivity contribution in [3.05, 3.63) is 59.2 Å². The average Bonchev–Trinajstić information content (AvgIpc) is 2.66. The molecule has 0 fully saturated rings. The number of hydrogen-bond acceptors (Lipinski definition) is 4. The minimum absolute atomic E-state index is 0.0781. The van der Waals surface area contributed by atoms with Gasteiger partial charge in [0.1, 0.15) is 5.75 Å². The lowest BCUT2D eigenvalue weighted by Crippen LogP contribution is -2.38. The monoisotopic (exact) mass is 353 g/mol. The van der Waals surface area contributed by atoms with E-state index < -0.39 is 5.97 Å². The van der Waals surface area contributed by atoms with Gasteiger partial charge in [0.15, 0.2) is 6.61 Å². The first-order valence-corrected chi connectivity index (χ1v) is 8.76. The van der Waals surface area contributed by atoms with E-state index in [1.54, 1.807) is 12.0 Å². The number of carbonyl (C=O) groups excluding carboxylic acids is 2. The van der Waals surface area contributed by atoms with Gasteiger partial charge in [0.2, 0.25) is 0 Å². The molecule has 26 heavy (non-hydrogen) atoms. The Labute approximate surface area is 153 Å². The highest BCUT2D eigenvalue weighted by atomic mass is 16.5. The van der Waals surface area contributed by atoms with E-state index in [2.05, 4.69) is 0 Å². The normalized spacial score (nSPS) is 13.1. The third kappa shape index (κ3) is 4.04. The van der Waals surface area contributed by atoms with Gasteiger partial charge in [-0.25, -0.2) is 0 Å². The van der Waals surface area contributed by atoms with E-state index in [1.807, 2.05) is 49.4 Å². The van der Waals surface area contributed by atoms with Crippen LogP contribution in [-0.4, -0.2) is 32.1 Å². The molecule has 0 saturated heterocycles. The van der Waals surface area contributed by atoms with E-state index in [-0.39, 0.29) is 18.9 Å². The van der Waals surface area contributed by atoms with Crippen molar-refractivity contribution in [2.45, 2.75) is 26.2 Å². The zero-order chi connectivity index (χ0) is 18.5. The number of fused-ring (bicyclic) bond motifs is 1. The predicted octanol–water partition coefficient (Wildman–Crippen LogP) is 3.07. The van der Waals surface area contributed by atoms with Crippen LogP contribution in [0.3, 0.4) is 0 Å². The van der Waals surface area contributed by atoms with Crippen molar-refractivity contribution in [2.75, 3.05) is 25.2 Å². The zero-order valence-corrected chi connectivity index (χ0v) is 15.2. The van der Waals surface area contributed by atoms with E-state index in [0.29, 0.717) is 12.3 Å². The van der Waals surface area contributed by atoms with E-state index >= 15 is 0 Å². The molecule has 0 spiro atoms. The molecule has 0 aromatic heterocycles. The SMILES string of the molecule is COc1ccc(C)cc1CC(=O)OCC(=O)N1CCCc2ccccc21. The second-order valence-electron chi connectivity index (χ2n) is 6.43. The van der Waals surface area contributed by atoms with Gasteiger partial charge in [-0.15, -0.1) is 0 Å². The number of rotatable bonds is 5. The molecular formula is C21H23NO4. The number of esters is 1. The molecule has 0 unspecified atom stereocenters. The van der Waals surface area contributed by atoms with E-state index in [1.165, 1.54) is 0 Å². The number of amides is 1. The summed E-state index contributed by atoms with van der Waals surface area (Å²) in [6.45, 7) is 2.35. The summed E-state index contributed by atoms with van der Waals surface area (Å²) >= 11 is 0. The maximum Gasteiger partial charge on any atom is 0.310 e. The molecule has 1 aliphatic rings. The number of hydrogen-bond donors (Lipinski definition) is 0. The third-order valence-corrected chi connectivity index (χ3v) is 4.54. The quantitative estimate of drug-likeness (QED) is 0.775. The van der Waals surface area contributed by atoms with Crippen molar-refractivity contribution < 1.29 is 19.1 Å². The summed E-state index contributed by atoms with van der Waals surface area (Å²) in [7, 11) is 1.57. The minimum Gasteiger partial charge on any atom is -0.496 e. The first-order chi connectivity index (χ1) is 12.6. The average molecular weight is 353 g/mol. The summed E-state index contributed by atoms with van der Waals surface area (Å²) in [4.78, 5) is 26.4. The van der Waals surface area contributed by atoms with E-state index in [4.69, 9.17) is 9.47 Å². The summed E-state index contributed by atoms with van der Waals surface area (Å²) < 4.78 is 10.5. The van der Waals surface area contributed by atoms with Gasteiger partial charge in [0, 0.05) is 17.8 Å². The lowest BCUT2D eigenvalue weighted by molar-refractivity contribution is -0.147. The van der Waals surface area contributed by atoms with Gasteiger partial charge in [-0.05, 0) is 37.5 Å². The van der Waals surface area contributed by atoms with Crippen LogP contribution in [0.1, 0.15) is 23.1 Å². The summed E-state index contributed by atoms with van der Waals surface area (Å²) in [6, 6.07) is 13.5. The molecule has 0 bridgehead atoms. The molecule has 5 nitrogen and oxygen atoms in total. The Bertz CT molecular complexity index is 815. The number of aryl methyl sites for hydroxylation is 2. The van der Waals surface area contributed by atoms with Crippen LogP contribution in [-0.2, 0) is 27.2 Å². The Hall–Kier alpha value is -2.82. The van der Waals surface area contributed by atoms with Gasteiger partial charge in [0.25, 0.3) is 5.91 Å². The number of para-hydroxylation sites is 1. The molecule has 0 aliphatic carbocycles. The fraction of sp³-hybridized carbons (Fsp3) is 0.333. The first-order valence-electron chi connectivity index (χ1n) is 8.76. The number of methoxy groups -OCH3 is 1.